The predicted octanol–water partition coefficient (Wildman–Crippen LogP) is 1.15. The normalized spacial score (nSPS) is 10.8. The van der Waals surface area contributed by atoms with Crippen LogP contribution < -0.4 is 5.63 Å². The number of benzene rings is 1. The van der Waals surface area contributed by atoms with Crippen LogP contribution in [0.1, 0.15) is 12.0 Å². The topological polar surface area (TPSA) is 72.4 Å². The van der Waals surface area contributed by atoms with Gasteiger partial charge in [0, 0.05) is 13.5 Å². The SMILES string of the molecule is Cn1oc(=O)c2c(CCC(=O)O)cccc21. The average molecular weight is 221 g/mol. The standard InChI is InChI=1S/C11H11NO4/c1-12-8-4-2-3-7(5-6-9(13)14)10(8)11(15)16-12/h2-4H,5-6H2,1H3,(H,13,14). The van der Waals surface area contributed by atoms with Crippen LogP contribution in [0.15, 0.2) is 27.5 Å². The molecule has 5 nitrogen and oxygen atoms in total. The van der Waals surface area contributed by atoms with Crippen molar-refractivity contribution in [1.29, 1.82) is 0 Å². The maximum Gasteiger partial charge on any atom is 0.365 e. The highest BCUT2D eigenvalue weighted by molar-refractivity contribution is 5.82. The molecule has 0 radical (unpaired) electrons. The first-order chi connectivity index (χ1) is 7.59. The van der Waals surface area contributed by atoms with Crippen molar-refractivity contribution >= 4 is 16.9 Å². The molecule has 16 heavy (non-hydrogen) atoms. The maximum absolute atomic E-state index is 11.5. The lowest BCUT2D eigenvalue weighted by Crippen LogP contribution is -2.01. The van der Waals surface area contributed by atoms with Crippen LogP contribution in [-0.2, 0) is 18.3 Å². The molecule has 2 aromatic rings. The Kier molecular flexibility index (Phi) is 2.52. The molecule has 5 heteroatoms. The summed E-state index contributed by atoms with van der Waals surface area (Å²) < 4.78 is 6.32. The molecule has 0 saturated heterocycles. The molecule has 84 valence electrons. The lowest BCUT2D eigenvalue weighted by molar-refractivity contribution is -0.136. The number of hydrogen-bond donors (Lipinski definition) is 1. The first-order valence-electron chi connectivity index (χ1n) is 4.89. The van der Waals surface area contributed by atoms with Crippen molar-refractivity contribution in [3.8, 4) is 0 Å². The van der Waals surface area contributed by atoms with E-state index >= 15 is 0 Å². The smallest absolute Gasteiger partial charge is 0.365 e. The van der Waals surface area contributed by atoms with Crippen LogP contribution in [0.4, 0.5) is 0 Å². The molecular formula is C11H11NO4. The molecule has 1 aromatic heterocycles. The minimum absolute atomic E-state index is 0.00739. The van der Waals surface area contributed by atoms with E-state index in [-0.39, 0.29) is 6.42 Å². The van der Waals surface area contributed by atoms with Gasteiger partial charge in [-0.1, -0.05) is 12.1 Å². The highest BCUT2D eigenvalue weighted by Gasteiger charge is 2.11. The van der Waals surface area contributed by atoms with Gasteiger partial charge in [-0.25, -0.2) is 9.53 Å². The van der Waals surface area contributed by atoms with Gasteiger partial charge < -0.3 is 9.63 Å². The number of fused-ring (bicyclic) bond motifs is 1. The van der Waals surface area contributed by atoms with Crippen LogP contribution in [0, 0.1) is 0 Å². The van der Waals surface area contributed by atoms with Crippen molar-refractivity contribution in [1.82, 2.24) is 4.74 Å². The summed E-state index contributed by atoms with van der Waals surface area (Å²) in [6, 6.07) is 5.31. The summed E-state index contributed by atoms with van der Waals surface area (Å²) in [5.74, 6) is -0.877. The minimum atomic E-state index is -0.877. The van der Waals surface area contributed by atoms with Crippen molar-refractivity contribution in [3.63, 3.8) is 0 Å². The van der Waals surface area contributed by atoms with Gasteiger partial charge >= 0.3 is 11.6 Å². The number of hydrogen-bond acceptors (Lipinski definition) is 3. The van der Waals surface area contributed by atoms with Crippen molar-refractivity contribution < 1.29 is 14.4 Å². The molecule has 0 unspecified atom stereocenters. The van der Waals surface area contributed by atoms with Crippen molar-refractivity contribution in [2.75, 3.05) is 0 Å². The lowest BCUT2D eigenvalue weighted by Gasteiger charge is -1.99. The molecule has 1 N–H and O–H groups in total. The fraction of sp³-hybridized carbons (Fsp3) is 0.273. The van der Waals surface area contributed by atoms with Crippen molar-refractivity contribution in [3.05, 3.63) is 34.2 Å². The molecule has 0 fully saturated rings. The van der Waals surface area contributed by atoms with E-state index in [1.54, 1.807) is 25.2 Å². The second-order valence-electron chi connectivity index (χ2n) is 3.58. The van der Waals surface area contributed by atoms with E-state index in [0.717, 1.165) is 0 Å². The third-order valence-corrected chi connectivity index (χ3v) is 2.50. The van der Waals surface area contributed by atoms with E-state index in [9.17, 15) is 9.59 Å². The van der Waals surface area contributed by atoms with E-state index in [2.05, 4.69) is 0 Å². The van der Waals surface area contributed by atoms with E-state index in [1.165, 1.54) is 4.74 Å². The number of carboxylic acids is 1. The molecule has 0 aliphatic rings. The number of aryl methyl sites for hydroxylation is 2. The van der Waals surface area contributed by atoms with Crippen LogP contribution in [0.3, 0.4) is 0 Å². The Morgan fingerprint density at radius 2 is 2.25 bits per heavy atom. The number of carbonyl (C=O) groups is 1. The number of aliphatic carboxylic acids is 1. The first kappa shape index (κ1) is 10.5. The summed E-state index contributed by atoms with van der Waals surface area (Å²) in [6.45, 7) is 0. The summed E-state index contributed by atoms with van der Waals surface area (Å²) in [7, 11) is 1.64. The zero-order chi connectivity index (χ0) is 11.7. The van der Waals surface area contributed by atoms with Crippen LogP contribution in [0.25, 0.3) is 10.9 Å². The predicted molar refractivity (Wildman–Crippen MR) is 57.4 cm³/mol. The fourth-order valence-corrected chi connectivity index (χ4v) is 1.75. The van der Waals surface area contributed by atoms with Gasteiger partial charge in [-0.3, -0.25) is 4.79 Å². The van der Waals surface area contributed by atoms with Crippen LogP contribution in [0.2, 0.25) is 0 Å². The molecule has 0 amide bonds. The molecule has 1 aromatic carbocycles. The Morgan fingerprint density at radius 1 is 1.50 bits per heavy atom. The second-order valence-corrected chi connectivity index (χ2v) is 3.58. The number of nitrogens with zero attached hydrogens (tertiary/aromatic N) is 1. The maximum atomic E-state index is 11.5. The van der Waals surface area contributed by atoms with Gasteiger partial charge in [0.15, 0.2) is 0 Å². The zero-order valence-corrected chi connectivity index (χ0v) is 8.77. The summed E-state index contributed by atoms with van der Waals surface area (Å²) in [5, 5.41) is 9.09. The summed E-state index contributed by atoms with van der Waals surface area (Å²) in [5.41, 5.74) is 0.987. The first-order valence-corrected chi connectivity index (χ1v) is 4.89. The Morgan fingerprint density at radius 3 is 2.94 bits per heavy atom. The van der Waals surface area contributed by atoms with Crippen LogP contribution in [0.5, 0.6) is 0 Å². The highest BCUT2D eigenvalue weighted by Crippen LogP contribution is 2.16. The Balaban J connectivity index is 2.53. The molecule has 0 atom stereocenters. The third kappa shape index (κ3) is 1.71. The minimum Gasteiger partial charge on any atom is -0.481 e. The molecule has 0 saturated carbocycles. The van der Waals surface area contributed by atoms with Gasteiger partial charge in [-0.2, -0.15) is 0 Å². The Hall–Kier alpha value is -2.04. The molecule has 2 rings (SSSR count). The van der Waals surface area contributed by atoms with E-state index in [4.69, 9.17) is 9.63 Å². The fourth-order valence-electron chi connectivity index (χ4n) is 1.75. The average Bonchev–Trinajstić information content (AvgIpc) is 2.52. The zero-order valence-electron chi connectivity index (χ0n) is 8.77. The molecule has 0 aliphatic heterocycles. The molecule has 1 heterocycles. The number of rotatable bonds is 3. The second kappa shape index (κ2) is 3.84. The van der Waals surface area contributed by atoms with Crippen molar-refractivity contribution in [2.45, 2.75) is 12.8 Å². The molecule has 0 aliphatic carbocycles. The van der Waals surface area contributed by atoms with E-state index < -0.39 is 11.6 Å². The lowest BCUT2D eigenvalue weighted by atomic mass is 10.1. The summed E-state index contributed by atoms with van der Waals surface area (Å²) in [4.78, 5) is 22.0. The Labute approximate surface area is 90.9 Å². The largest absolute Gasteiger partial charge is 0.481 e. The Bertz CT molecular complexity index is 594. The summed E-state index contributed by atoms with van der Waals surface area (Å²) in [6.07, 6.45) is 0.342. The van der Waals surface area contributed by atoms with Gasteiger partial charge in [-0.15, -0.1) is 0 Å². The molecular weight excluding hydrogens is 210 g/mol. The van der Waals surface area contributed by atoms with Gasteiger partial charge in [-0.05, 0) is 18.1 Å². The van der Waals surface area contributed by atoms with Crippen molar-refractivity contribution in [2.24, 2.45) is 7.05 Å². The van der Waals surface area contributed by atoms with Gasteiger partial charge in [0.2, 0.25) is 0 Å². The highest BCUT2D eigenvalue weighted by atomic mass is 16.5. The quantitative estimate of drug-likeness (QED) is 0.843. The molecule has 0 bridgehead atoms. The monoisotopic (exact) mass is 221 g/mol. The van der Waals surface area contributed by atoms with E-state index in [1.807, 2.05) is 0 Å². The third-order valence-electron chi connectivity index (χ3n) is 2.50. The van der Waals surface area contributed by atoms with Gasteiger partial charge in [0.25, 0.3) is 0 Å². The van der Waals surface area contributed by atoms with Gasteiger partial charge in [0.1, 0.15) is 0 Å². The van der Waals surface area contributed by atoms with Crippen LogP contribution in [-0.4, -0.2) is 15.8 Å². The summed E-state index contributed by atoms with van der Waals surface area (Å²) >= 11 is 0. The van der Waals surface area contributed by atoms with Gasteiger partial charge in [0.05, 0.1) is 10.9 Å². The number of carboxylic acid groups (broad SMARTS) is 1. The molecule has 0 spiro atoms. The number of aromatic nitrogens is 1. The van der Waals surface area contributed by atoms with E-state index in [0.29, 0.717) is 22.9 Å². The van der Waals surface area contributed by atoms with Crippen LogP contribution >= 0.6 is 0 Å².